The van der Waals surface area contributed by atoms with Gasteiger partial charge in [-0.2, -0.15) is 4.98 Å². The fourth-order valence-corrected chi connectivity index (χ4v) is 2.27. The molecule has 1 aliphatic heterocycles. The first-order chi connectivity index (χ1) is 10.4. The van der Waals surface area contributed by atoms with Gasteiger partial charge in [-0.05, 0) is 11.6 Å². The van der Waals surface area contributed by atoms with E-state index in [0.29, 0.717) is 12.5 Å². The van der Waals surface area contributed by atoms with Gasteiger partial charge in [-0.1, -0.05) is 6.07 Å². The lowest BCUT2D eigenvalue weighted by atomic mass is 10.2. The Bertz CT molecular complexity index is 557. The Balaban J connectivity index is 1.55. The van der Waals surface area contributed by atoms with Gasteiger partial charge in [-0.25, -0.2) is 0 Å². The second-order valence-electron chi connectivity index (χ2n) is 4.91. The summed E-state index contributed by atoms with van der Waals surface area (Å²) in [7, 11) is 0. The molecule has 2 aromatic rings. The van der Waals surface area contributed by atoms with Gasteiger partial charge in [0, 0.05) is 45.0 Å². The van der Waals surface area contributed by atoms with Gasteiger partial charge in [0.2, 0.25) is 5.88 Å². The van der Waals surface area contributed by atoms with Gasteiger partial charge >= 0.3 is 0 Å². The van der Waals surface area contributed by atoms with Crippen LogP contribution >= 0.6 is 0 Å². The number of rotatable bonds is 5. The van der Waals surface area contributed by atoms with E-state index in [9.17, 15) is 0 Å². The highest BCUT2D eigenvalue weighted by molar-refractivity contribution is 5.38. The fourth-order valence-electron chi connectivity index (χ4n) is 2.27. The van der Waals surface area contributed by atoms with Crippen molar-refractivity contribution < 1.29 is 4.74 Å². The van der Waals surface area contributed by atoms with E-state index in [0.717, 1.165) is 44.0 Å². The maximum Gasteiger partial charge on any atom is 0.234 e. The molecule has 3 rings (SSSR count). The summed E-state index contributed by atoms with van der Waals surface area (Å²) in [4.78, 5) is 15.1. The smallest absolute Gasteiger partial charge is 0.234 e. The van der Waals surface area contributed by atoms with Crippen LogP contribution in [-0.4, -0.2) is 47.7 Å². The molecule has 1 fully saturated rings. The molecular weight excluding hydrogens is 266 g/mol. The zero-order valence-corrected chi connectivity index (χ0v) is 11.9. The topological polar surface area (TPSA) is 63.2 Å². The summed E-state index contributed by atoms with van der Waals surface area (Å²) < 4.78 is 5.70. The lowest BCUT2D eigenvalue weighted by Gasteiger charge is -2.28. The third-order valence-electron chi connectivity index (χ3n) is 3.40. The number of nitrogens with one attached hydrogen (secondary N) is 1. The molecular formula is C15H19N5O. The number of piperazine rings is 1. The molecule has 0 bridgehead atoms. The Kier molecular flexibility index (Phi) is 4.58. The molecule has 21 heavy (non-hydrogen) atoms. The van der Waals surface area contributed by atoms with Gasteiger partial charge in [0.1, 0.15) is 0 Å². The molecule has 3 heterocycles. The zero-order valence-electron chi connectivity index (χ0n) is 11.9. The first-order valence-corrected chi connectivity index (χ1v) is 7.21. The number of aromatic nitrogens is 3. The van der Waals surface area contributed by atoms with Gasteiger partial charge < -0.3 is 15.0 Å². The molecule has 2 aromatic heterocycles. The van der Waals surface area contributed by atoms with E-state index in [1.807, 2.05) is 18.3 Å². The van der Waals surface area contributed by atoms with Crippen LogP contribution in [0.3, 0.4) is 0 Å². The molecule has 0 amide bonds. The van der Waals surface area contributed by atoms with Crippen LogP contribution < -0.4 is 15.0 Å². The van der Waals surface area contributed by atoms with Crippen molar-refractivity contribution in [3.05, 3.63) is 42.5 Å². The molecule has 0 saturated carbocycles. The summed E-state index contributed by atoms with van der Waals surface area (Å²) in [5.74, 6) is 1.46. The molecule has 0 atom stereocenters. The van der Waals surface area contributed by atoms with Crippen molar-refractivity contribution in [2.45, 2.75) is 6.42 Å². The molecule has 0 radical (unpaired) electrons. The van der Waals surface area contributed by atoms with Crippen LogP contribution in [0.5, 0.6) is 5.88 Å². The molecule has 6 nitrogen and oxygen atoms in total. The minimum Gasteiger partial charge on any atom is -0.476 e. The van der Waals surface area contributed by atoms with Crippen molar-refractivity contribution in [3.8, 4) is 5.88 Å². The van der Waals surface area contributed by atoms with Crippen molar-refractivity contribution >= 4 is 5.82 Å². The minimum atomic E-state index is 0.575. The third kappa shape index (κ3) is 3.88. The standard InChI is InChI=1S/C15H19N5O/c1-2-13(10-17-4-1)3-9-21-15-12-18-11-14(19-15)20-7-5-16-6-8-20/h1-2,4,10-12,16H,3,5-9H2. The highest BCUT2D eigenvalue weighted by atomic mass is 16.5. The molecule has 0 spiro atoms. The second kappa shape index (κ2) is 6.99. The molecule has 110 valence electrons. The van der Waals surface area contributed by atoms with E-state index in [4.69, 9.17) is 4.74 Å². The Hall–Kier alpha value is -2.21. The van der Waals surface area contributed by atoms with Crippen LogP contribution in [-0.2, 0) is 6.42 Å². The van der Waals surface area contributed by atoms with Crippen molar-refractivity contribution in [1.82, 2.24) is 20.3 Å². The Labute approximate surface area is 124 Å². The number of nitrogens with zero attached hydrogens (tertiary/aromatic N) is 4. The molecule has 1 saturated heterocycles. The summed E-state index contributed by atoms with van der Waals surface area (Å²) in [6.45, 7) is 4.44. The van der Waals surface area contributed by atoms with Crippen LogP contribution in [0.15, 0.2) is 36.9 Å². The molecule has 1 aliphatic rings. The number of hydrogen-bond acceptors (Lipinski definition) is 6. The predicted octanol–water partition coefficient (Wildman–Crippen LogP) is 0.903. The number of ether oxygens (including phenoxy) is 1. The minimum absolute atomic E-state index is 0.575. The molecule has 6 heteroatoms. The first kappa shape index (κ1) is 13.8. The predicted molar refractivity (Wildman–Crippen MR) is 80.6 cm³/mol. The van der Waals surface area contributed by atoms with E-state index < -0.39 is 0 Å². The number of pyridine rings is 1. The van der Waals surface area contributed by atoms with Crippen molar-refractivity contribution in [2.75, 3.05) is 37.7 Å². The van der Waals surface area contributed by atoms with Crippen LogP contribution in [0.25, 0.3) is 0 Å². The lowest BCUT2D eigenvalue weighted by molar-refractivity contribution is 0.308. The summed E-state index contributed by atoms with van der Waals surface area (Å²) in [6, 6.07) is 3.97. The van der Waals surface area contributed by atoms with Gasteiger partial charge in [-0.3, -0.25) is 9.97 Å². The van der Waals surface area contributed by atoms with Gasteiger partial charge in [0.25, 0.3) is 0 Å². The highest BCUT2D eigenvalue weighted by Crippen LogP contribution is 2.14. The maximum absolute atomic E-state index is 5.70. The average Bonchev–Trinajstić information content (AvgIpc) is 2.57. The highest BCUT2D eigenvalue weighted by Gasteiger charge is 2.12. The van der Waals surface area contributed by atoms with E-state index in [-0.39, 0.29) is 0 Å². The summed E-state index contributed by atoms with van der Waals surface area (Å²) in [5.41, 5.74) is 1.16. The Morgan fingerprint density at radius 3 is 2.86 bits per heavy atom. The average molecular weight is 285 g/mol. The van der Waals surface area contributed by atoms with Crippen LogP contribution in [0, 0.1) is 0 Å². The quantitative estimate of drug-likeness (QED) is 0.881. The Morgan fingerprint density at radius 2 is 2.05 bits per heavy atom. The van der Waals surface area contributed by atoms with E-state index in [2.05, 4.69) is 25.2 Å². The van der Waals surface area contributed by atoms with Crippen LogP contribution in [0.2, 0.25) is 0 Å². The fraction of sp³-hybridized carbons (Fsp3) is 0.400. The van der Waals surface area contributed by atoms with E-state index in [1.54, 1.807) is 18.6 Å². The molecule has 0 unspecified atom stereocenters. The number of anilines is 1. The van der Waals surface area contributed by atoms with Crippen LogP contribution in [0.4, 0.5) is 5.82 Å². The van der Waals surface area contributed by atoms with Crippen LogP contribution in [0.1, 0.15) is 5.56 Å². The first-order valence-electron chi connectivity index (χ1n) is 7.21. The van der Waals surface area contributed by atoms with Gasteiger partial charge in [-0.15, -0.1) is 0 Å². The number of hydrogen-bond donors (Lipinski definition) is 1. The maximum atomic E-state index is 5.70. The van der Waals surface area contributed by atoms with E-state index in [1.165, 1.54) is 0 Å². The SMILES string of the molecule is c1cncc(CCOc2cncc(N3CCNCC3)n2)c1. The van der Waals surface area contributed by atoms with Crippen molar-refractivity contribution in [3.63, 3.8) is 0 Å². The summed E-state index contributed by atoms with van der Waals surface area (Å²) >= 11 is 0. The molecule has 0 aliphatic carbocycles. The molecule has 1 N–H and O–H groups in total. The zero-order chi connectivity index (χ0) is 14.3. The van der Waals surface area contributed by atoms with Crippen molar-refractivity contribution in [1.29, 1.82) is 0 Å². The van der Waals surface area contributed by atoms with E-state index >= 15 is 0 Å². The second-order valence-corrected chi connectivity index (χ2v) is 4.91. The third-order valence-corrected chi connectivity index (χ3v) is 3.40. The lowest BCUT2D eigenvalue weighted by Crippen LogP contribution is -2.43. The monoisotopic (exact) mass is 285 g/mol. The summed E-state index contributed by atoms with van der Waals surface area (Å²) in [5, 5.41) is 3.32. The normalized spacial score (nSPS) is 15.0. The largest absolute Gasteiger partial charge is 0.476 e. The van der Waals surface area contributed by atoms with Gasteiger partial charge in [0.15, 0.2) is 5.82 Å². The summed E-state index contributed by atoms with van der Waals surface area (Å²) in [6.07, 6.45) is 7.89. The van der Waals surface area contributed by atoms with Gasteiger partial charge in [0.05, 0.1) is 19.0 Å². The Morgan fingerprint density at radius 1 is 1.14 bits per heavy atom. The molecule has 0 aromatic carbocycles. The van der Waals surface area contributed by atoms with Crippen molar-refractivity contribution in [2.24, 2.45) is 0 Å².